The van der Waals surface area contributed by atoms with E-state index in [0.717, 1.165) is 6.42 Å². The number of hydrogen-bond acceptors (Lipinski definition) is 3. The zero-order valence-electron chi connectivity index (χ0n) is 8.22. The summed E-state index contributed by atoms with van der Waals surface area (Å²) in [5.41, 5.74) is -0.843. The second-order valence-electron chi connectivity index (χ2n) is 4.94. The molecular weight excluding hydrogens is 168 g/mol. The predicted octanol–water partition coefficient (Wildman–Crippen LogP) is 1.51. The van der Waals surface area contributed by atoms with E-state index in [1.54, 1.807) is 0 Å². The fraction of sp³-hybridized carbons (Fsp3) is 0.800. The van der Waals surface area contributed by atoms with E-state index in [0.29, 0.717) is 6.42 Å². The molecule has 1 saturated carbocycles. The smallest absolute Gasteiger partial charge is 0.319 e. The SMILES string of the molecule is CC1CC2(C)CC1(C)C(=O)OC2=O. The molecular formula is C10H14O3. The molecule has 3 unspecified atom stereocenters. The molecule has 2 bridgehead atoms. The first-order valence-corrected chi connectivity index (χ1v) is 4.65. The molecule has 2 fully saturated rings. The summed E-state index contributed by atoms with van der Waals surface area (Å²) < 4.78 is 4.77. The number of esters is 2. The zero-order chi connectivity index (χ0) is 9.85. The van der Waals surface area contributed by atoms with E-state index < -0.39 is 10.8 Å². The molecule has 3 atom stereocenters. The minimum atomic E-state index is -0.428. The van der Waals surface area contributed by atoms with Crippen LogP contribution in [0.15, 0.2) is 0 Å². The number of cyclic esters (lactones) is 2. The lowest BCUT2D eigenvalue weighted by Crippen LogP contribution is -2.42. The van der Waals surface area contributed by atoms with Gasteiger partial charge in [-0.1, -0.05) is 6.92 Å². The molecule has 13 heavy (non-hydrogen) atoms. The summed E-state index contributed by atoms with van der Waals surface area (Å²) in [7, 11) is 0. The van der Waals surface area contributed by atoms with Crippen LogP contribution in [0.3, 0.4) is 0 Å². The first-order chi connectivity index (χ1) is 5.88. The van der Waals surface area contributed by atoms with Gasteiger partial charge >= 0.3 is 11.9 Å². The van der Waals surface area contributed by atoms with Gasteiger partial charge in [0.25, 0.3) is 0 Å². The normalized spacial score (nSPS) is 49.3. The quantitative estimate of drug-likeness (QED) is 0.421. The van der Waals surface area contributed by atoms with Crippen LogP contribution in [0.25, 0.3) is 0 Å². The van der Waals surface area contributed by atoms with Crippen LogP contribution in [0, 0.1) is 16.7 Å². The first-order valence-electron chi connectivity index (χ1n) is 4.65. The third-order valence-corrected chi connectivity index (χ3v) is 3.75. The number of carbonyl (C=O) groups is 2. The van der Waals surface area contributed by atoms with Gasteiger partial charge in [-0.25, -0.2) is 0 Å². The Hall–Kier alpha value is -0.860. The molecule has 2 rings (SSSR count). The maximum absolute atomic E-state index is 11.5. The molecule has 0 N–H and O–H groups in total. The van der Waals surface area contributed by atoms with Crippen LogP contribution >= 0.6 is 0 Å². The summed E-state index contributed by atoms with van der Waals surface area (Å²) >= 11 is 0. The molecule has 0 aromatic heterocycles. The van der Waals surface area contributed by atoms with Gasteiger partial charge in [-0.3, -0.25) is 9.59 Å². The zero-order valence-corrected chi connectivity index (χ0v) is 8.22. The summed E-state index contributed by atoms with van der Waals surface area (Å²) in [4.78, 5) is 22.9. The number of fused-ring (bicyclic) bond motifs is 2. The van der Waals surface area contributed by atoms with Crippen molar-refractivity contribution in [2.45, 2.75) is 33.6 Å². The molecule has 3 heteroatoms. The largest absolute Gasteiger partial charge is 0.392 e. The lowest BCUT2D eigenvalue weighted by Gasteiger charge is -2.32. The van der Waals surface area contributed by atoms with E-state index in [2.05, 4.69) is 0 Å². The van der Waals surface area contributed by atoms with Crippen molar-refractivity contribution in [1.29, 1.82) is 0 Å². The summed E-state index contributed by atoms with van der Waals surface area (Å²) in [5.74, 6) is -0.421. The van der Waals surface area contributed by atoms with E-state index in [4.69, 9.17) is 4.74 Å². The highest BCUT2D eigenvalue weighted by Crippen LogP contribution is 2.56. The average Bonchev–Trinajstić information content (AvgIpc) is 2.21. The van der Waals surface area contributed by atoms with Crippen LogP contribution in [0.1, 0.15) is 33.6 Å². The summed E-state index contributed by atoms with van der Waals surface area (Å²) in [6, 6.07) is 0. The van der Waals surface area contributed by atoms with Gasteiger partial charge in [-0.05, 0) is 32.6 Å². The Morgan fingerprint density at radius 2 is 1.92 bits per heavy atom. The van der Waals surface area contributed by atoms with E-state index in [1.165, 1.54) is 0 Å². The fourth-order valence-corrected chi connectivity index (χ4v) is 2.71. The van der Waals surface area contributed by atoms with Gasteiger partial charge in [0.05, 0.1) is 10.8 Å². The molecule has 72 valence electrons. The van der Waals surface area contributed by atoms with Gasteiger partial charge in [0, 0.05) is 0 Å². The van der Waals surface area contributed by atoms with Crippen molar-refractivity contribution < 1.29 is 14.3 Å². The van der Waals surface area contributed by atoms with Gasteiger partial charge in [-0.15, -0.1) is 0 Å². The van der Waals surface area contributed by atoms with Gasteiger partial charge in [-0.2, -0.15) is 0 Å². The molecule has 3 nitrogen and oxygen atoms in total. The lowest BCUT2D eigenvalue weighted by atomic mass is 9.77. The van der Waals surface area contributed by atoms with Crippen molar-refractivity contribution in [2.24, 2.45) is 16.7 Å². The highest BCUT2D eigenvalue weighted by Gasteiger charge is 2.61. The second-order valence-corrected chi connectivity index (χ2v) is 4.94. The fourth-order valence-electron chi connectivity index (χ4n) is 2.71. The van der Waals surface area contributed by atoms with Crippen molar-refractivity contribution in [2.75, 3.05) is 0 Å². The standard InChI is InChI=1S/C10H14O3/c1-6-4-9(2)5-10(6,3)8(12)13-7(9)11/h6H,4-5H2,1-3H3. The van der Waals surface area contributed by atoms with Crippen LogP contribution < -0.4 is 0 Å². The van der Waals surface area contributed by atoms with Crippen molar-refractivity contribution in [1.82, 2.24) is 0 Å². The molecule has 1 aliphatic heterocycles. The van der Waals surface area contributed by atoms with E-state index in [1.807, 2.05) is 20.8 Å². The molecule has 1 heterocycles. The maximum Gasteiger partial charge on any atom is 0.319 e. The highest BCUT2D eigenvalue weighted by molar-refractivity contribution is 5.96. The minimum Gasteiger partial charge on any atom is -0.392 e. The van der Waals surface area contributed by atoms with Crippen LogP contribution in [-0.2, 0) is 14.3 Å². The average molecular weight is 182 g/mol. The Kier molecular flexibility index (Phi) is 1.44. The molecule has 0 aromatic carbocycles. The monoisotopic (exact) mass is 182 g/mol. The van der Waals surface area contributed by atoms with Crippen LogP contribution in [0.2, 0.25) is 0 Å². The van der Waals surface area contributed by atoms with Gasteiger partial charge in [0.15, 0.2) is 0 Å². The molecule has 0 amide bonds. The van der Waals surface area contributed by atoms with Gasteiger partial charge < -0.3 is 4.74 Å². The number of hydrogen-bond donors (Lipinski definition) is 0. The number of rotatable bonds is 0. The van der Waals surface area contributed by atoms with E-state index >= 15 is 0 Å². The minimum absolute atomic E-state index is 0.247. The maximum atomic E-state index is 11.5. The van der Waals surface area contributed by atoms with Crippen molar-refractivity contribution in [3.05, 3.63) is 0 Å². The topological polar surface area (TPSA) is 43.4 Å². The number of carbonyl (C=O) groups excluding carboxylic acids is 2. The number of ether oxygens (including phenoxy) is 1. The molecule has 1 saturated heterocycles. The Labute approximate surface area is 77.4 Å². The summed E-state index contributed by atoms with van der Waals surface area (Å²) in [6.45, 7) is 5.81. The van der Waals surface area contributed by atoms with Crippen molar-refractivity contribution in [3.63, 3.8) is 0 Å². The molecule has 0 aromatic rings. The van der Waals surface area contributed by atoms with Gasteiger partial charge in [0.2, 0.25) is 0 Å². The van der Waals surface area contributed by atoms with Gasteiger partial charge in [0.1, 0.15) is 0 Å². The van der Waals surface area contributed by atoms with Crippen LogP contribution in [-0.4, -0.2) is 11.9 Å². The van der Waals surface area contributed by atoms with E-state index in [-0.39, 0.29) is 17.9 Å². The summed E-state index contributed by atoms with van der Waals surface area (Å²) in [6.07, 6.45) is 1.42. The molecule has 0 spiro atoms. The van der Waals surface area contributed by atoms with Crippen LogP contribution in [0.4, 0.5) is 0 Å². The van der Waals surface area contributed by atoms with E-state index in [9.17, 15) is 9.59 Å². The predicted molar refractivity (Wildman–Crippen MR) is 45.7 cm³/mol. The Bertz CT molecular complexity index is 297. The Balaban J connectivity index is 2.45. The first kappa shape index (κ1) is 8.73. The third kappa shape index (κ3) is 0.901. The van der Waals surface area contributed by atoms with Crippen LogP contribution in [0.5, 0.6) is 0 Å². The highest BCUT2D eigenvalue weighted by atomic mass is 16.6. The van der Waals surface area contributed by atoms with Crippen molar-refractivity contribution >= 4 is 11.9 Å². The Morgan fingerprint density at radius 1 is 1.31 bits per heavy atom. The third-order valence-electron chi connectivity index (χ3n) is 3.75. The molecule has 0 radical (unpaired) electrons. The Morgan fingerprint density at radius 3 is 2.54 bits per heavy atom. The summed E-state index contributed by atoms with van der Waals surface area (Å²) in [5, 5.41) is 0. The second kappa shape index (κ2) is 2.14. The lowest BCUT2D eigenvalue weighted by molar-refractivity contribution is -0.179. The van der Waals surface area contributed by atoms with Crippen molar-refractivity contribution in [3.8, 4) is 0 Å². The molecule has 1 aliphatic carbocycles. The molecule has 2 aliphatic rings.